The molecule has 0 bridgehead atoms. The number of aromatic nitrogens is 2. The zero-order valence-corrected chi connectivity index (χ0v) is 20.3. The van der Waals surface area contributed by atoms with Gasteiger partial charge in [-0.25, -0.2) is 14.4 Å². The van der Waals surface area contributed by atoms with Gasteiger partial charge in [-0.2, -0.15) is 0 Å². The van der Waals surface area contributed by atoms with Gasteiger partial charge in [0.2, 0.25) is 5.91 Å². The van der Waals surface area contributed by atoms with Gasteiger partial charge in [0.25, 0.3) is 0 Å². The van der Waals surface area contributed by atoms with Gasteiger partial charge in [-0.05, 0) is 50.0 Å². The number of amides is 1. The first-order valence-electron chi connectivity index (χ1n) is 11.7. The number of anilines is 1. The molecule has 0 atom stereocenters. The standard InChI is InChI=1S/C26H31FN4O4/c1-17(32)30-22-5-4-19(12-21(22)27)26-20-13-24(34-3)25(14-23(20)28-16-29-26)35-15-18-6-8-31(9-7-18)10-11-33-2/h4-5,12-14,16,18H,6-11,15H2,1-3H3,(H,30,32). The number of carbonyl (C=O) groups is 1. The van der Waals surface area contributed by atoms with Crippen molar-refractivity contribution in [3.63, 3.8) is 0 Å². The Kier molecular flexibility index (Phi) is 8.09. The molecule has 3 aromatic rings. The van der Waals surface area contributed by atoms with Crippen LogP contribution in [0, 0.1) is 11.7 Å². The first kappa shape index (κ1) is 24.8. The molecule has 35 heavy (non-hydrogen) atoms. The van der Waals surface area contributed by atoms with Crippen LogP contribution in [0.3, 0.4) is 0 Å². The van der Waals surface area contributed by atoms with Crippen LogP contribution >= 0.6 is 0 Å². The lowest BCUT2D eigenvalue weighted by molar-refractivity contribution is -0.114. The molecule has 2 aromatic carbocycles. The molecule has 1 aliphatic rings. The molecule has 1 amide bonds. The number of benzene rings is 2. The SMILES string of the molecule is COCCN1CCC(COc2cc3ncnc(-c4ccc(NC(C)=O)c(F)c4)c3cc2OC)CC1. The van der Waals surface area contributed by atoms with E-state index in [-0.39, 0.29) is 11.6 Å². The number of hydrogen-bond acceptors (Lipinski definition) is 7. The highest BCUT2D eigenvalue weighted by molar-refractivity contribution is 5.95. The fourth-order valence-corrected chi connectivity index (χ4v) is 4.32. The Morgan fingerprint density at radius 1 is 1.14 bits per heavy atom. The zero-order valence-electron chi connectivity index (χ0n) is 20.3. The Labute approximate surface area is 204 Å². The number of ether oxygens (including phenoxy) is 3. The minimum absolute atomic E-state index is 0.123. The number of hydrogen-bond donors (Lipinski definition) is 1. The molecule has 0 unspecified atom stereocenters. The molecule has 0 aliphatic carbocycles. The van der Waals surface area contributed by atoms with Crippen LogP contribution in [0.15, 0.2) is 36.7 Å². The first-order valence-corrected chi connectivity index (χ1v) is 11.7. The summed E-state index contributed by atoms with van der Waals surface area (Å²) in [4.78, 5) is 22.5. The first-order chi connectivity index (χ1) is 17.0. The number of piperidine rings is 1. The van der Waals surface area contributed by atoms with Gasteiger partial charge in [0, 0.05) is 37.6 Å². The summed E-state index contributed by atoms with van der Waals surface area (Å²) in [6, 6.07) is 8.26. The maximum Gasteiger partial charge on any atom is 0.221 e. The lowest BCUT2D eigenvalue weighted by atomic mass is 9.98. The number of carbonyl (C=O) groups excluding carboxylic acids is 1. The van der Waals surface area contributed by atoms with Gasteiger partial charge < -0.3 is 24.4 Å². The number of likely N-dealkylation sites (tertiary alicyclic amines) is 1. The summed E-state index contributed by atoms with van der Waals surface area (Å²) >= 11 is 0. The molecule has 1 aromatic heterocycles. The molecule has 0 radical (unpaired) electrons. The minimum atomic E-state index is -0.537. The summed E-state index contributed by atoms with van der Waals surface area (Å²) in [5.74, 6) is 0.794. The Morgan fingerprint density at radius 3 is 2.63 bits per heavy atom. The minimum Gasteiger partial charge on any atom is -0.493 e. The van der Waals surface area contributed by atoms with Crippen LogP contribution in [0.4, 0.5) is 10.1 Å². The van der Waals surface area contributed by atoms with Crippen molar-refractivity contribution in [2.24, 2.45) is 5.92 Å². The number of rotatable bonds is 9. The molecule has 1 N–H and O–H groups in total. The van der Waals surface area contributed by atoms with Crippen molar-refractivity contribution in [3.8, 4) is 22.8 Å². The summed E-state index contributed by atoms with van der Waals surface area (Å²) < 4.78 is 31.5. The van der Waals surface area contributed by atoms with E-state index in [0.29, 0.717) is 40.8 Å². The molecular formula is C26H31FN4O4. The number of methoxy groups -OCH3 is 2. The highest BCUT2D eigenvalue weighted by Gasteiger charge is 2.21. The molecule has 1 fully saturated rings. The zero-order chi connectivity index (χ0) is 24.8. The van der Waals surface area contributed by atoms with Gasteiger partial charge in [-0.15, -0.1) is 0 Å². The van der Waals surface area contributed by atoms with Crippen molar-refractivity contribution >= 4 is 22.5 Å². The van der Waals surface area contributed by atoms with Crippen LogP contribution in [0.2, 0.25) is 0 Å². The summed E-state index contributed by atoms with van der Waals surface area (Å²) in [7, 11) is 3.32. The summed E-state index contributed by atoms with van der Waals surface area (Å²) in [5, 5.41) is 3.19. The molecule has 186 valence electrons. The van der Waals surface area contributed by atoms with Crippen molar-refractivity contribution in [2.45, 2.75) is 19.8 Å². The second kappa shape index (κ2) is 11.4. The quantitative estimate of drug-likeness (QED) is 0.491. The Balaban J connectivity index is 1.52. The van der Waals surface area contributed by atoms with E-state index in [2.05, 4.69) is 20.2 Å². The average Bonchev–Trinajstić information content (AvgIpc) is 2.86. The number of nitrogens with zero attached hydrogens (tertiary/aromatic N) is 3. The molecule has 8 nitrogen and oxygen atoms in total. The average molecular weight is 483 g/mol. The van der Waals surface area contributed by atoms with Crippen LogP contribution in [0.25, 0.3) is 22.2 Å². The van der Waals surface area contributed by atoms with Crippen molar-refractivity contribution < 1.29 is 23.4 Å². The van der Waals surface area contributed by atoms with E-state index in [9.17, 15) is 9.18 Å². The van der Waals surface area contributed by atoms with Gasteiger partial charge in [-0.1, -0.05) is 6.07 Å². The van der Waals surface area contributed by atoms with E-state index in [4.69, 9.17) is 14.2 Å². The largest absolute Gasteiger partial charge is 0.493 e. The Morgan fingerprint density at radius 2 is 1.94 bits per heavy atom. The van der Waals surface area contributed by atoms with Gasteiger partial charge >= 0.3 is 0 Å². The molecular weight excluding hydrogens is 451 g/mol. The summed E-state index contributed by atoms with van der Waals surface area (Å²) in [6.45, 7) is 5.74. The number of nitrogens with one attached hydrogen (secondary N) is 1. The highest BCUT2D eigenvalue weighted by Crippen LogP contribution is 2.36. The lowest BCUT2D eigenvalue weighted by Gasteiger charge is -2.31. The third kappa shape index (κ3) is 6.04. The topological polar surface area (TPSA) is 85.8 Å². The van der Waals surface area contributed by atoms with Crippen LogP contribution in [0.1, 0.15) is 19.8 Å². The van der Waals surface area contributed by atoms with Crippen molar-refractivity contribution in [2.75, 3.05) is 52.4 Å². The maximum absolute atomic E-state index is 14.6. The lowest BCUT2D eigenvalue weighted by Crippen LogP contribution is -2.37. The van der Waals surface area contributed by atoms with Crippen molar-refractivity contribution in [1.82, 2.24) is 14.9 Å². The van der Waals surface area contributed by atoms with E-state index in [0.717, 1.165) is 44.5 Å². The van der Waals surface area contributed by atoms with E-state index in [1.807, 2.05) is 12.1 Å². The van der Waals surface area contributed by atoms with Crippen LogP contribution < -0.4 is 14.8 Å². The van der Waals surface area contributed by atoms with Crippen LogP contribution in [-0.2, 0) is 9.53 Å². The Hall–Kier alpha value is -3.30. The van der Waals surface area contributed by atoms with E-state index in [1.165, 1.54) is 25.4 Å². The highest BCUT2D eigenvalue weighted by atomic mass is 19.1. The van der Waals surface area contributed by atoms with Crippen molar-refractivity contribution in [3.05, 3.63) is 42.5 Å². The molecule has 1 saturated heterocycles. The fourth-order valence-electron chi connectivity index (χ4n) is 4.32. The Bertz CT molecular complexity index is 1180. The molecule has 9 heteroatoms. The normalized spacial score (nSPS) is 14.7. The number of fused-ring (bicyclic) bond motifs is 1. The van der Waals surface area contributed by atoms with E-state index < -0.39 is 5.82 Å². The summed E-state index contributed by atoms with van der Waals surface area (Å²) in [5.41, 5.74) is 1.93. The van der Waals surface area contributed by atoms with Gasteiger partial charge in [0.15, 0.2) is 11.5 Å². The maximum atomic E-state index is 14.6. The third-order valence-electron chi connectivity index (χ3n) is 6.27. The molecule has 4 rings (SSSR count). The molecule has 2 heterocycles. The second-order valence-electron chi connectivity index (χ2n) is 8.71. The van der Waals surface area contributed by atoms with Gasteiger partial charge in [0.1, 0.15) is 12.1 Å². The second-order valence-corrected chi connectivity index (χ2v) is 8.71. The van der Waals surface area contributed by atoms with Gasteiger partial charge in [-0.3, -0.25) is 4.79 Å². The number of halogens is 1. The summed E-state index contributed by atoms with van der Waals surface area (Å²) in [6.07, 6.45) is 3.60. The molecule has 0 spiro atoms. The van der Waals surface area contributed by atoms with Crippen LogP contribution in [-0.4, -0.2) is 67.8 Å². The predicted octanol–water partition coefficient (Wildman–Crippen LogP) is 4.14. The fraction of sp³-hybridized carbons (Fsp3) is 0.423. The van der Waals surface area contributed by atoms with Gasteiger partial charge in [0.05, 0.1) is 37.2 Å². The smallest absolute Gasteiger partial charge is 0.221 e. The van der Waals surface area contributed by atoms with Crippen molar-refractivity contribution in [1.29, 1.82) is 0 Å². The molecule has 1 aliphatic heterocycles. The predicted molar refractivity (Wildman–Crippen MR) is 132 cm³/mol. The third-order valence-corrected chi connectivity index (χ3v) is 6.27. The van der Waals surface area contributed by atoms with E-state index >= 15 is 0 Å². The molecule has 0 saturated carbocycles. The van der Waals surface area contributed by atoms with Crippen LogP contribution in [0.5, 0.6) is 11.5 Å². The monoisotopic (exact) mass is 482 g/mol. The van der Waals surface area contributed by atoms with E-state index in [1.54, 1.807) is 20.3 Å².